The number of hydrogen-bond acceptors (Lipinski definition) is 6. The summed E-state index contributed by atoms with van der Waals surface area (Å²) in [4.78, 5) is 18.8. The van der Waals surface area contributed by atoms with Gasteiger partial charge in [0.05, 0.1) is 32.9 Å². The molecule has 0 spiro atoms. The molecule has 0 bridgehead atoms. The molecule has 2 aromatic rings. The molecular formula is C17H15F3N2O4. The predicted octanol–water partition coefficient (Wildman–Crippen LogP) is 3.23. The smallest absolute Gasteiger partial charge is 0.434 e. The second kappa shape index (κ2) is 8.32. The summed E-state index contributed by atoms with van der Waals surface area (Å²) in [6.07, 6.45) is -1.86. The number of aromatic nitrogens is 2. The Morgan fingerprint density at radius 3 is 2.46 bits per heavy atom. The topological polar surface area (TPSA) is 70.5 Å². The molecule has 0 aliphatic rings. The number of rotatable bonds is 6. The van der Waals surface area contributed by atoms with Crippen molar-refractivity contribution in [3.63, 3.8) is 0 Å². The summed E-state index contributed by atoms with van der Waals surface area (Å²) >= 11 is 0. The lowest BCUT2D eigenvalue weighted by atomic mass is 10.0. The maximum absolute atomic E-state index is 12.5. The molecule has 26 heavy (non-hydrogen) atoms. The summed E-state index contributed by atoms with van der Waals surface area (Å²) in [5.74, 6) is -0.684. The quantitative estimate of drug-likeness (QED) is 0.443. The van der Waals surface area contributed by atoms with E-state index < -0.39 is 17.8 Å². The second-order valence-electron chi connectivity index (χ2n) is 4.94. The first-order chi connectivity index (χ1) is 12.4. The first kappa shape index (κ1) is 19.2. The van der Waals surface area contributed by atoms with Crippen molar-refractivity contribution in [2.75, 3.05) is 14.2 Å². The number of halogens is 3. The fourth-order valence-electron chi connectivity index (χ4n) is 2.05. The van der Waals surface area contributed by atoms with Gasteiger partial charge in [-0.2, -0.15) is 13.2 Å². The van der Waals surface area contributed by atoms with Gasteiger partial charge in [-0.25, -0.2) is 14.8 Å². The molecule has 9 heteroatoms. The third-order valence-electron chi connectivity index (χ3n) is 3.24. The van der Waals surface area contributed by atoms with Crippen LogP contribution in [0, 0.1) is 0 Å². The molecular weight excluding hydrogens is 353 g/mol. The van der Waals surface area contributed by atoms with Crippen molar-refractivity contribution in [1.29, 1.82) is 0 Å². The number of alkyl halides is 3. The fraction of sp³-hybridized carbons (Fsp3) is 0.235. The van der Waals surface area contributed by atoms with E-state index in [4.69, 9.17) is 14.2 Å². The monoisotopic (exact) mass is 368 g/mol. The zero-order valence-corrected chi connectivity index (χ0v) is 13.9. The molecule has 0 fully saturated rings. The van der Waals surface area contributed by atoms with Crippen molar-refractivity contribution in [2.24, 2.45) is 0 Å². The van der Waals surface area contributed by atoms with Crippen molar-refractivity contribution in [2.45, 2.75) is 12.8 Å². The Hall–Kier alpha value is -3.10. The van der Waals surface area contributed by atoms with E-state index in [0.717, 1.165) is 6.20 Å². The van der Waals surface area contributed by atoms with Crippen LogP contribution in [0.25, 0.3) is 5.57 Å². The number of ether oxygens (including phenoxy) is 3. The molecule has 0 unspecified atom stereocenters. The van der Waals surface area contributed by atoms with Crippen LogP contribution >= 0.6 is 0 Å². The van der Waals surface area contributed by atoms with Crippen molar-refractivity contribution in [1.82, 2.24) is 9.97 Å². The normalized spacial score (nSPS) is 11.8. The minimum absolute atomic E-state index is 0.0474. The van der Waals surface area contributed by atoms with Crippen molar-refractivity contribution in [3.05, 3.63) is 59.7 Å². The molecule has 0 atom stereocenters. The Balaban J connectivity index is 2.20. The molecule has 0 amide bonds. The highest BCUT2D eigenvalue weighted by atomic mass is 19.4. The summed E-state index contributed by atoms with van der Waals surface area (Å²) in [7, 11) is 2.63. The molecule has 0 aliphatic heterocycles. The Kier molecular flexibility index (Phi) is 6.16. The minimum Gasteiger partial charge on any atom is -0.503 e. The van der Waals surface area contributed by atoms with E-state index in [1.165, 1.54) is 20.5 Å². The summed E-state index contributed by atoms with van der Waals surface area (Å²) in [6.45, 7) is -0.0474. The third kappa shape index (κ3) is 4.71. The van der Waals surface area contributed by atoms with Crippen LogP contribution in [0.3, 0.4) is 0 Å². The summed E-state index contributed by atoms with van der Waals surface area (Å²) in [6, 6.07) is 6.80. The molecule has 0 saturated heterocycles. The number of carbonyl (C=O) groups is 1. The Morgan fingerprint density at radius 1 is 1.15 bits per heavy atom. The lowest BCUT2D eigenvalue weighted by molar-refractivity contribution is -0.141. The highest BCUT2D eigenvalue weighted by Gasteiger charge is 2.32. The van der Waals surface area contributed by atoms with Crippen LogP contribution in [0.5, 0.6) is 5.88 Å². The number of benzene rings is 1. The first-order valence-electron chi connectivity index (χ1n) is 7.28. The van der Waals surface area contributed by atoms with Crippen LogP contribution in [0.2, 0.25) is 0 Å². The number of carbonyl (C=O) groups excluding carboxylic acids is 1. The van der Waals surface area contributed by atoms with Crippen LogP contribution in [-0.4, -0.2) is 30.2 Å². The summed E-state index contributed by atoms with van der Waals surface area (Å²) < 4.78 is 52.5. The van der Waals surface area contributed by atoms with E-state index in [1.54, 1.807) is 24.3 Å². The maximum Gasteiger partial charge on any atom is 0.434 e. The molecule has 1 aromatic carbocycles. The molecule has 138 valence electrons. The van der Waals surface area contributed by atoms with E-state index >= 15 is 0 Å². The van der Waals surface area contributed by atoms with E-state index in [-0.39, 0.29) is 18.1 Å². The molecule has 1 aromatic heterocycles. The lowest BCUT2D eigenvalue weighted by Gasteiger charge is -2.12. The van der Waals surface area contributed by atoms with Gasteiger partial charge in [0.1, 0.15) is 12.2 Å². The van der Waals surface area contributed by atoms with Gasteiger partial charge in [0, 0.05) is 0 Å². The molecule has 0 saturated carbocycles. The molecule has 6 nitrogen and oxygen atoms in total. The molecule has 2 rings (SSSR count). The van der Waals surface area contributed by atoms with Gasteiger partial charge in [0.2, 0.25) is 5.88 Å². The van der Waals surface area contributed by atoms with E-state index in [2.05, 4.69) is 9.97 Å². The van der Waals surface area contributed by atoms with Crippen molar-refractivity contribution in [3.8, 4) is 5.88 Å². The summed E-state index contributed by atoms with van der Waals surface area (Å²) in [5.41, 5.74) is 0.151. The molecule has 0 N–H and O–H groups in total. The van der Waals surface area contributed by atoms with Gasteiger partial charge in [-0.1, -0.05) is 24.3 Å². The van der Waals surface area contributed by atoms with E-state index in [0.29, 0.717) is 17.3 Å². The standard InChI is InChI=1S/C17H15F3N2O4/c1-24-10-13(16(23)25-2)12-6-4-3-5-11(12)9-26-15-8-21-14(7-22-15)17(18,19)20/h3-8,10H,9H2,1-2H3/b13-10+. The van der Waals surface area contributed by atoms with E-state index in [9.17, 15) is 18.0 Å². The van der Waals surface area contributed by atoms with Crippen molar-refractivity contribution >= 4 is 11.5 Å². The highest BCUT2D eigenvalue weighted by molar-refractivity contribution is 6.16. The highest BCUT2D eigenvalue weighted by Crippen LogP contribution is 2.27. The average molecular weight is 368 g/mol. The summed E-state index contributed by atoms with van der Waals surface area (Å²) in [5, 5.41) is 0. The van der Waals surface area contributed by atoms with Gasteiger partial charge in [-0.15, -0.1) is 0 Å². The van der Waals surface area contributed by atoms with Crippen LogP contribution in [0.4, 0.5) is 13.2 Å². The third-order valence-corrected chi connectivity index (χ3v) is 3.24. The Labute approximate surface area is 147 Å². The molecule has 0 radical (unpaired) electrons. The number of hydrogen-bond donors (Lipinski definition) is 0. The van der Waals surface area contributed by atoms with Gasteiger partial charge in [0.15, 0.2) is 5.69 Å². The molecule has 1 heterocycles. The Bertz CT molecular complexity index is 789. The Morgan fingerprint density at radius 2 is 1.88 bits per heavy atom. The lowest BCUT2D eigenvalue weighted by Crippen LogP contribution is -2.10. The predicted molar refractivity (Wildman–Crippen MR) is 84.8 cm³/mol. The van der Waals surface area contributed by atoms with Gasteiger partial charge in [-0.05, 0) is 11.1 Å². The largest absolute Gasteiger partial charge is 0.503 e. The van der Waals surface area contributed by atoms with E-state index in [1.807, 2.05) is 0 Å². The zero-order chi connectivity index (χ0) is 19.2. The van der Waals surface area contributed by atoms with Crippen LogP contribution in [0.1, 0.15) is 16.8 Å². The SMILES string of the molecule is CO/C=C(/C(=O)OC)c1ccccc1COc1cnc(C(F)(F)F)cn1. The fourth-order valence-corrected chi connectivity index (χ4v) is 2.05. The van der Waals surface area contributed by atoms with Crippen LogP contribution < -0.4 is 4.74 Å². The average Bonchev–Trinajstić information content (AvgIpc) is 2.64. The van der Waals surface area contributed by atoms with Crippen molar-refractivity contribution < 1.29 is 32.2 Å². The van der Waals surface area contributed by atoms with Gasteiger partial charge in [0.25, 0.3) is 0 Å². The van der Waals surface area contributed by atoms with Gasteiger partial charge >= 0.3 is 12.1 Å². The van der Waals surface area contributed by atoms with Gasteiger partial charge < -0.3 is 14.2 Å². The molecule has 0 aliphatic carbocycles. The minimum atomic E-state index is -4.57. The van der Waals surface area contributed by atoms with Gasteiger partial charge in [-0.3, -0.25) is 0 Å². The number of esters is 1. The van der Waals surface area contributed by atoms with Crippen LogP contribution in [0.15, 0.2) is 42.9 Å². The second-order valence-corrected chi connectivity index (χ2v) is 4.94. The number of nitrogens with zero attached hydrogens (tertiary/aromatic N) is 2. The first-order valence-corrected chi connectivity index (χ1v) is 7.28. The maximum atomic E-state index is 12.5. The number of methoxy groups -OCH3 is 2. The van der Waals surface area contributed by atoms with Crippen LogP contribution in [-0.2, 0) is 27.1 Å². The zero-order valence-electron chi connectivity index (χ0n) is 13.9.